The summed E-state index contributed by atoms with van der Waals surface area (Å²) in [6, 6.07) is 0. The third-order valence-corrected chi connectivity index (χ3v) is 3.52. The molecular weight excluding hydrogens is 395 g/mol. The predicted octanol–water partition coefficient (Wildman–Crippen LogP) is -22.9. The van der Waals surface area contributed by atoms with Crippen molar-refractivity contribution in [1.82, 2.24) is 0 Å². The van der Waals surface area contributed by atoms with Crippen LogP contribution in [0.25, 0.3) is 0 Å². The molecule has 110 valence electrons. The number of carbonyl (C=O) groups excluding carboxylic acids is 5. The Balaban J connectivity index is -0.000000267. The van der Waals surface area contributed by atoms with Crippen molar-refractivity contribution in [2.45, 2.75) is 12.8 Å². The van der Waals surface area contributed by atoms with Crippen LogP contribution >= 0.6 is 0 Å². The Morgan fingerprint density at radius 1 is 0.640 bits per heavy atom. The van der Waals surface area contributed by atoms with Gasteiger partial charge in [-0.15, -0.1) is 0 Å². The van der Waals surface area contributed by atoms with Crippen LogP contribution in [0, 0.1) is 16.7 Å². The summed E-state index contributed by atoms with van der Waals surface area (Å²) in [6.07, 6.45) is -3.02. The number of hydrogen-bond donors (Lipinski definition) is 0. The molecule has 0 radical (unpaired) electrons. The molecule has 1 unspecified atom stereocenters. The molecule has 0 spiro atoms. The summed E-state index contributed by atoms with van der Waals surface area (Å²) in [5.41, 5.74) is -6.47. The van der Waals surface area contributed by atoms with Crippen molar-refractivity contribution in [1.29, 1.82) is 0 Å². The molecule has 0 aromatic heterocycles. The van der Waals surface area contributed by atoms with Gasteiger partial charge in [0.2, 0.25) is 0 Å². The number of carboxylic acid groups (broad SMARTS) is 5. The molecule has 1 rings (SSSR count). The summed E-state index contributed by atoms with van der Waals surface area (Å²) >= 11 is 0. The molecule has 1 fully saturated rings. The van der Waals surface area contributed by atoms with E-state index in [9.17, 15) is 49.5 Å². The molecular formula is C10H5Na5O10. The molecule has 1 atom stereocenters. The molecule has 0 aromatic carbocycles. The van der Waals surface area contributed by atoms with Gasteiger partial charge in [-0.2, -0.15) is 0 Å². The Kier molecular flexibility index (Phi) is 21.8. The molecule has 0 N–H and O–H groups in total. The summed E-state index contributed by atoms with van der Waals surface area (Å²) in [6.45, 7) is 0. The molecule has 0 bridgehead atoms. The van der Waals surface area contributed by atoms with E-state index in [1.54, 1.807) is 0 Å². The maximum absolute atomic E-state index is 11.0. The first-order valence-corrected chi connectivity index (χ1v) is 5.09. The van der Waals surface area contributed by atoms with Gasteiger partial charge in [0, 0.05) is 11.9 Å². The molecule has 0 saturated heterocycles. The summed E-state index contributed by atoms with van der Waals surface area (Å²) < 4.78 is 0. The van der Waals surface area contributed by atoms with E-state index in [2.05, 4.69) is 0 Å². The molecule has 0 aromatic rings. The maximum atomic E-state index is 11.0. The summed E-state index contributed by atoms with van der Waals surface area (Å²) in [7, 11) is 0. The topological polar surface area (TPSA) is 201 Å². The number of carbonyl (C=O) groups is 5. The summed E-state index contributed by atoms with van der Waals surface area (Å²) in [4.78, 5) is 54.6. The Morgan fingerprint density at radius 3 is 1.12 bits per heavy atom. The van der Waals surface area contributed by atoms with E-state index in [0.29, 0.717) is 0 Å². The zero-order chi connectivity index (χ0) is 15.9. The number of rotatable bonds is 5. The van der Waals surface area contributed by atoms with E-state index in [1.807, 2.05) is 0 Å². The Hall–Kier alpha value is 2.35. The first-order valence-electron chi connectivity index (χ1n) is 5.09. The van der Waals surface area contributed by atoms with Gasteiger partial charge in [0.1, 0.15) is 0 Å². The second-order valence-corrected chi connectivity index (χ2v) is 4.46. The largest absolute Gasteiger partial charge is 1.00 e. The van der Waals surface area contributed by atoms with Crippen molar-refractivity contribution in [3.63, 3.8) is 0 Å². The zero-order valence-corrected chi connectivity index (χ0v) is 24.6. The molecule has 0 heterocycles. The fraction of sp³-hybridized carbons (Fsp3) is 0.500. The van der Waals surface area contributed by atoms with Crippen molar-refractivity contribution in [2.75, 3.05) is 0 Å². The van der Waals surface area contributed by atoms with Gasteiger partial charge < -0.3 is 49.5 Å². The van der Waals surface area contributed by atoms with E-state index < -0.39 is 59.4 Å². The van der Waals surface area contributed by atoms with Crippen molar-refractivity contribution in [3.05, 3.63) is 0 Å². The van der Waals surface area contributed by atoms with Crippen LogP contribution in [-0.2, 0) is 24.0 Å². The molecule has 1 aliphatic carbocycles. The van der Waals surface area contributed by atoms with Crippen LogP contribution in [-0.4, -0.2) is 29.8 Å². The van der Waals surface area contributed by atoms with Gasteiger partial charge in [0.05, 0.1) is 34.7 Å². The van der Waals surface area contributed by atoms with Gasteiger partial charge >= 0.3 is 148 Å². The molecule has 10 nitrogen and oxygen atoms in total. The van der Waals surface area contributed by atoms with Gasteiger partial charge in [-0.25, -0.2) is 0 Å². The standard InChI is InChI=1S/C10H10O10.5Na/c11-4(12)3-1-9(5(13)14,6(15)16)2-10(3,7(17)18)8(19)20;;;;;/h3H,1-2H2,(H,11,12)(H,13,14)(H,15,16)(H,17,18)(H,19,20);;;;;/q;5*+1/p-5. The van der Waals surface area contributed by atoms with Crippen molar-refractivity contribution in [2.24, 2.45) is 16.7 Å². The fourth-order valence-corrected chi connectivity index (χ4v) is 2.39. The molecule has 0 aliphatic heterocycles. The van der Waals surface area contributed by atoms with Gasteiger partial charge in [0.25, 0.3) is 0 Å². The third kappa shape index (κ3) is 6.97. The van der Waals surface area contributed by atoms with Gasteiger partial charge in [0.15, 0.2) is 0 Å². The van der Waals surface area contributed by atoms with Crippen LogP contribution in [0.5, 0.6) is 0 Å². The van der Waals surface area contributed by atoms with Gasteiger partial charge in [-0.05, 0) is 12.8 Å². The van der Waals surface area contributed by atoms with Gasteiger partial charge in [-0.3, -0.25) is 0 Å². The van der Waals surface area contributed by atoms with Crippen LogP contribution in [0.3, 0.4) is 0 Å². The normalized spacial score (nSPS) is 18.3. The van der Waals surface area contributed by atoms with Crippen LogP contribution in [0.15, 0.2) is 0 Å². The summed E-state index contributed by atoms with van der Waals surface area (Å²) in [5, 5.41) is 54.6. The minimum atomic E-state index is -3.36. The molecule has 0 amide bonds. The molecule has 1 saturated carbocycles. The van der Waals surface area contributed by atoms with E-state index in [1.165, 1.54) is 0 Å². The number of aliphatic carboxylic acids is 5. The molecule has 25 heavy (non-hydrogen) atoms. The van der Waals surface area contributed by atoms with Crippen molar-refractivity contribution in [3.8, 4) is 0 Å². The van der Waals surface area contributed by atoms with Gasteiger partial charge in [-0.1, -0.05) is 0 Å². The van der Waals surface area contributed by atoms with Crippen LogP contribution in [0.1, 0.15) is 12.8 Å². The average molecular weight is 400 g/mol. The smallest absolute Gasteiger partial charge is 0.550 e. The second-order valence-electron chi connectivity index (χ2n) is 4.46. The number of hydrogen-bond acceptors (Lipinski definition) is 10. The maximum Gasteiger partial charge on any atom is 1.00 e. The average Bonchev–Trinajstić information content (AvgIpc) is 2.67. The van der Waals surface area contributed by atoms with Crippen LogP contribution in [0.4, 0.5) is 0 Å². The number of carboxylic acids is 5. The van der Waals surface area contributed by atoms with E-state index in [0.717, 1.165) is 0 Å². The Bertz CT molecular complexity index is 508. The SMILES string of the molecule is O=C([O-])C1CC(C(=O)[O-])(C(=O)[O-])CC1(C(=O)[O-])C(=O)[O-].[Na+].[Na+].[Na+].[Na+].[Na+]. The quantitative estimate of drug-likeness (QED) is 0.315. The Morgan fingerprint density at radius 2 is 0.960 bits per heavy atom. The van der Waals surface area contributed by atoms with E-state index in [-0.39, 0.29) is 148 Å². The van der Waals surface area contributed by atoms with Crippen LogP contribution < -0.4 is 173 Å². The Labute approximate surface area is 252 Å². The first kappa shape index (κ1) is 38.0. The molecule has 15 heteroatoms. The monoisotopic (exact) mass is 400 g/mol. The minimum absolute atomic E-state index is 0. The minimum Gasteiger partial charge on any atom is -0.550 e. The zero-order valence-electron chi connectivity index (χ0n) is 14.6. The predicted molar refractivity (Wildman–Crippen MR) is 42.6 cm³/mol. The van der Waals surface area contributed by atoms with Crippen LogP contribution in [0.2, 0.25) is 0 Å². The third-order valence-electron chi connectivity index (χ3n) is 3.52. The summed E-state index contributed by atoms with van der Waals surface area (Å²) in [5.74, 6) is -14.5. The van der Waals surface area contributed by atoms with Crippen molar-refractivity contribution >= 4 is 29.8 Å². The molecule has 1 aliphatic rings. The first-order chi connectivity index (χ1) is 9.02. The second kappa shape index (κ2) is 14.4. The fourth-order valence-electron chi connectivity index (χ4n) is 2.39. The van der Waals surface area contributed by atoms with E-state index in [4.69, 9.17) is 0 Å². The van der Waals surface area contributed by atoms with Crippen molar-refractivity contribution < 1.29 is 197 Å². The van der Waals surface area contributed by atoms with E-state index >= 15 is 0 Å².